The highest BCUT2D eigenvalue weighted by atomic mass is 79.9. The zero-order valence-corrected chi connectivity index (χ0v) is 9.35. The summed E-state index contributed by atoms with van der Waals surface area (Å²) in [7, 11) is 0. The number of hydrogen-bond acceptors (Lipinski definition) is 1. The van der Waals surface area contributed by atoms with Crippen molar-refractivity contribution in [2.45, 2.75) is 24.9 Å². The first-order valence-electron chi connectivity index (χ1n) is 4.30. The molecule has 0 bridgehead atoms. The lowest BCUT2D eigenvalue weighted by atomic mass is 9.78. The molecule has 0 aliphatic heterocycles. The molecule has 1 saturated carbocycles. The molecule has 13 heavy (non-hydrogen) atoms. The fraction of sp³-hybridized carbons (Fsp3) is 0.400. The summed E-state index contributed by atoms with van der Waals surface area (Å²) >= 11 is 9.44. The second-order valence-corrected chi connectivity index (χ2v) is 4.81. The molecule has 0 amide bonds. The van der Waals surface area contributed by atoms with Crippen molar-refractivity contribution >= 4 is 27.5 Å². The zero-order chi connectivity index (χ0) is 9.42. The van der Waals surface area contributed by atoms with Crippen molar-refractivity contribution in [2.75, 3.05) is 0 Å². The molecule has 1 aromatic carbocycles. The highest BCUT2D eigenvalue weighted by Gasteiger charge is 2.29. The summed E-state index contributed by atoms with van der Waals surface area (Å²) in [4.78, 5) is 0. The van der Waals surface area contributed by atoms with E-state index >= 15 is 0 Å². The maximum absolute atomic E-state index is 9.17. The van der Waals surface area contributed by atoms with Crippen molar-refractivity contribution in [3.8, 4) is 0 Å². The molecule has 1 aromatic rings. The van der Waals surface area contributed by atoms with Gasteiger partial charge in [0.25, 0.3) is 0 Å². The average Bonchev–Trinajstić information content (AvgIpc) is 2.00. The Balaban J connectivity index is 2.21. The first-order valence-corrected chi connectivity index (χ1v) is 5.47. The van der Waals surface area contributed by atoms with E-state index in [1.165, 1.54) is 0 Å². The van der Waals surface area contributed by atoms with E-state index in [9.17, 15) is 5.11 Å². The summed E-state index contributed by atoms with van der Waals surface area (Å²) in [5, 5.41) is 9.97. The van der Waals surface area contributed by atoms with E-state index in [0.717, 1.165) is 27.9 Å². The summed E-state index contributed by atoms with van der Waals surface area (Å²) in [6, 6.07) is 5.93. The van der Waals surface area contributed by atoms with Crippen molar-refractivity contribution in [2.24, 2.45) is 0 Å². The van der Waals surface area contributed by atoms with Gasteiger partial charge in [0.2, 0.25) is 0 Å². The van der Waals surface area contributed by atoms with Crippen LogP contribution in [0.1, 0.15) is 24.3 Å². The fourth-order valence-corrected chi connectivity index (χ4v) is 2.50. The van der Waals surface area contributed by atoms with Gasteiger partial charge in [-0.3, -0.25) is 0 Å². The van der Waals surface area contributed by atoms with Crippen molar-refractivity contribution in [3.05, 3.63) is 33.3 Å². The Bertz CT molecular complexity index is 321. The van der Waals surface area contributed by atoms with Gasteiger partial charge in [0.05, 0.1) is 6.10 Å². The van der Waals surface area contributed by atoms with E-state index in [2.05, 4.69) is 15.9 Å². The molecule has 0 atom stereocenters. The molecule has 1 N–H and O–H groups in total. The lowest BCUT2D eigenvalue weighted by molar-refractivity contribution is 0.0747. The van der Waals surface area contributed by atoms with Gasteiger partial charge in [0.15, 0.2) is 0 Å². The van der Waals surface area contributed by atoms with Gasteiger partial charge in [-0.1, -0.05) is 33.6 Å². The van der Waals surface area contributed by atoms with E-state index in [0.29, 0.717) is 5.92 Å². The second-order valence-electron chi connectivity index (χ2n) is 3.49. The summed E-state index contributed by atoms with van der Waals surface area (Å²) in [5.41, 5.74) is 1.16. The highest BCUT2D eigenvalue weighted by molar-refractivity contribution is 9.10. The first-order chi connectivity index (χ1) is 6.16. The number of aliphatic hydroxyl groups is 1. The molecule has 0 heterocycles. The molecule has 0 saturated heterocycles. The Labute approximate surface area is 90.9 Å². The Kier molecular flexibility index (Phi) is 2.63. The molecular weight excluding hydrogens is 251 g/mol. The zero-order valence-electron chi connectivity index (χ0n) is 7.00. The molecule has 0 aromatic heterocycles. The molecular formula is C10H10BrClO. The van der Waals surface area contributed by atoms with Crippen molar-refractivity contribution in [1.29, 1.82) is 0 Å². The van der Waals surface area contributed by atoms with Crippen molar-refractivity contribution < 1.29 is 5.11 Å². The average molecular weight is 262 g/mol. The van der Waals surface area contributed by atoms with Crippen LogP contribution in [0, 0.1) is 0 Å². The lowest BCUT2D eigenvalue weighted by Crippen LogP contribution is -2.26. The Morgan fingerprint density at radius 3 is 2.62 bits per heavy atom. The third kappa shape index (κ3) is 1.90. The van der Waals surface area contributed by atoms with E-state index in [-0.39, 0.29) is 6.10 Å². The maximum atomic E-state index is 9.17. The molecule has 1 aliphatic carbocycles. The predicted molar refractivity (Wildman–Crippen MR) is 57.1 cm³/mol. The molecule has 0 spiro atoms. The third-order valence-electron chi connectivity index (χ3n) is 2.52. The molecule has 0 unspecified atom stereocenters. The number of halogens is 2. The third-order valence-corrected chi connectivity index (χ3v) is 3.34. The van der Waals surface area contributed by atoms with Crippen LogP contribution in [0.25, 0.3) is 0 Å². The Hall–Kier alpha value is -0.0500. The van der Waals surface area contributed by atoms with Gasteiger partial charge in [0.1, 0.15) is 0 Å². The van der Waals surface area contributed by atoms with E-state index in [1.807, 2.05) is 18.2 Å². The normalized spacial score (nSPS) is 27.0. The van der Waals surface area contributed by atoms with Gasteiger partial charge in [-0.25, -0.2) is 0 Å². The molecule has 70 valence electrons. The topological polar surface area (TPSA) is 20.2 Å². The maximum Gasteiger partial charge on any atom is 0.0552 e. The number of benzene rings is 1. The molecule has 0 radical (unpaired) electrons. The standard InChI is InChI=1S/C10H10BrClO/c11-7-1-2-9(10(12)5-7)6-3-8(13)4-6/h1-2,5-6,8,13H,3-4H2. The molecule has 1 nitrogen and oxygen atoms in total. The van der Waals surface area contributed by atoms with Gasteiger partial charge in [-0.15, -0.1) is 0 Å². The van der Waals surface area contributed by atoms with Gasteiger partial charge in [-0.05, 0) is 36.5 Å². The van der Waals surface area contributed by atoms with Crippen LogP contribution in [0.15, 0.2) is 22.7 Å². The smallest absolute Gasteiger partial charge is 0.0552 e. The first kappa shape index (κ1) is 9.50. The largest absolute Gasteiger partial charge is 0.393 e. The van der Waals surface area contributed by atoms with E-state index in [1.54, 1.807) is 0 Å². The van der Waals surface area contributed by atoms with Crippen molar-refractivity contribution in [3.63, 3.8) is 0 Å². The highest BCUT2D eigenvalue weighted by Crippen LogP contribution is 2.40. The Morgan fingerprint density at radius 2 is 2.08 bits per heavy atom. The van der Waals surface area contributed by atoms with Gasteiger partial charge < -0.3 is 5.11 Å². The second kappa shape index (κ2) is 3.60. The minimum atomic E-state index is -0.121. The minimum Gasteiger partial charge on any atom is -0.393 e. The number of aliphatic hydroxyl groups excluding tert-OH is 1. The number of rotatable bonds is 1. The van der Waals surface area contributed by atoms with Crippen LogP contribution in [0.5, 0.6) is 0 Å². The van der Waals surface area contributed by atoms with Crippen LogP contribution in [0.2, 0.25) is 5.02 Å². The Morgan fingerprint density at radius 1 is 1.38 bits per heavy atom. The fourth-order valence-electron chi connectivity index (χ4n) is 1.67. The number of hydrogen-bond donors (Lipinski definition) is 1. The lowest BCUT2D eigenvalue weighted by Gasteiger charge is -2.32. The summed E-state index contributed by atoms with van der Waals surface area (Å²) in [6.07, 6.45) is 1.58. The molecule has 1 fully saturated rings. The van der Waals surface area contributed by atoms with Crippen LogP contribution < -0.4 is 0 Å². The van der Waals surface area contributed by atoms with Crippen molar-refractivity contribution in [1.82, 2.24) is 0 Å². The molecule has 1 aliphatic rings. The van der Waals surface area contributed by atoms with Crippen LogP contribution in [-0.4, -0.2) is 11.2 Å². The van der Waals surface area contributed by atoms with E-state index < -0.39 is 0 Å². The van der Waals surface area contributed by atoms with Crippen LogP contribution in [0.3, 0.4) is 0 Å². The van der Waals surface area contributed by atoms with Gasteiger partial charge >= 0.3 is 0 Å². The van der Waals surface area contributed by atoms with Gasteiger partial charge in [0, 0.05) is 9.50 Å². The predicted octanol–water partition coefficient (Wildman–Crippen LogP) is 3.34. The summed E-state index contributed by atoms with van der Waals surface area (Å²) < 4.78 is 1.00. The van der Waals surface area contributed by atoms with Crippen LogP contribution in [-0.2, 0) is 0 Å². The monoisotopic (exact) mass is 260 g/mol. The summed E-state index contributed by atoms with van der Waals surface area (Å²) in [5.74, 6) is 0.454. The van der Waals surface area contributed by atoms with E-state index in [4.69, 9.17) is 11.6 Å². The van der Waals surface area contributed by atoms with Crippen LogP contribution >= 0.6 is 27.5 Å². The quantitative estimate of drug-likeness (QED) is 0.822. The molecule has 2 rings (SSSR count). The molecule has 3 heteroatoms. The SMILES string of the molecule is OC1CC(c2ccc(Br)cc2Cl)C1. The van der Waals surface area contributed by atoms with Gasteiger partial charge in [-0.2, -0.15) is 0 Å². The minimum absolute atomic E-state index is 0.121. The van der Waals surface area contributed by atoms with Crippen LogP contribution in [0.4, 0.5) is 0 Å². The summed E-state index contributed by atoms with van der Waals surface area (Å²) in [6.45, 7) is 0.